The van der Waals surface area contributed by atoms with Crippen molar-refractivity contribution in [3.05, 3.63) is 28.8 Å². The fraction of sp³-hybridized carbons (Fsp3) is 0.111. The van der Waals surface area contributed by atoms with Gasteiger partial charge in [-0.25, -0.2) is 15.6 Å². The maximum atomic E-state index is 11.2. The lowest BCUT2D eigenvalue weighted by molar-refractivity contribution is 0.248. The molecule has 0 aromatic heterocycles. The first kappa shape index (κ1) is 11.3. The van der Waals surface area contributed by atoms with Gasteiger partial charge in [-0.05, 0) is 18.2 Å². The molecule has 6 heteroatoms. The van der Waals surface area contributed by atoms with E-state index in [-0.39, 0.29) is 5.56 Å². The van der Waals surface area contributed by atoms with Crippen LogP contribution in [0.15, 0.2) is 18.2 Å². The van der Waals surface area contributed by atoms with Crippen molar-refractivity contribution in [2.45, 2.75) is 0 Å². The first-order valence-corrected chi connectivity index (χ1v) is 4.44. The van der Waals surface area contributed by atoms with Crippen LogP contribution in [0.1, 0.15) is 5.56 Å². The SMILES string of the molecule is CNC(=O)N(N)c1ccc(Cl)c(C#N)c1. The quantitative estimate of drug-likeness (QED) is 0.428. The number of anilines is 1. The van der Waals surface area contributed by atoms with E-state index >= 15 is 0 Å². The molecule has 15 heavy (non-hydrogen) atoms. The van der Waals surface area contributed by atoms with Crippen molar-refractivity contribution in [1.82, 2.24) is 5.32 Å². The molecule has 2 amide bonds. The molecule has 78 valence electrons. The minimum atomic E-state index is -0.471. The molecule has 3 N–H and O–H groups in total. The van der Waals surface area contributed by atoms with E-state index in [0.717, 1.165) is 5.01 Å². The number of urea groups is 1. The van der Waals surface area contributed by atoms with Crippen molar-refractivity contribution in [3.8, 4) is 6.07 Å². The molecule has 5 nitrogen and oxygen atoms in total. The molecule has 1 rings (SSSR count). The molecule has 0 spiro atoms. The van der Waals surface area contributed by atoms with Crippen molar-refractivity contribution < 1.29 is 4.79 Å². The molecular formula is C9H9ClN4O. The van der Waals surface area contributed by atoms with Crippen LogP contribution in [0.4, 0.5) is 10.5 Å². The number of benzene rings is 1. The Balaban J connectivity index is 3.07. The summed E-state index contributed by atoms with van der Waals surface area (Å²) in [6.07, 6.45) is 0. The predicted molar refractivity (Wildman–Crippen MR) is 57.3 cm³/mol. The number of hydrogen-bond acceptors (Lipinski definition) is 3. The minimum Gasteiger partial charge on any atom is -0.340 e. The van der Waals surface area contributed by atoms with Gasteiger partial charge in [0.25, 0.3) is 0 Å². The van der Waals surface area contributed by atoms with Crippen LogP contribution >= 0.6 is 11.6 Å². The van der Waals surface area contributed by atoms with Crippen molar-refractivity contribution in [1.29, 1.82) is 5.26 Å². The van der Waals surface area contributed by atoms with Crippen LogP contribution in [0, 0.1) is 11.3 Å². The van der Waals surface area contributed by atoms with E-state index < -0.39 is 6.03 Å². The van der Waals surface area contributed by atoms with E-state index in [4.69, 9.17) is 22.7 Å². The van der Waals surface area contributed by atoms with Crippen LogP contribution in [0.3, 0.4) is 0 Å². The number of nitrogens with one attached hydrogen (secondary N) is 1. The molecule has 0 atom stereocenters. The highest BCUT2D eigenvalue weighted by Crippen LogP contribution is 2.21. The highest BCUT2D eigenvalue weighted by molar-refractivity contribution is 6.31. The Bertz CT molecular complexity index is 427. The zero-order valence-corrected chi connectivity index (χ0v) is 8.75. The number of nitriles is 1. The fourth-order valence-electron chi connectivity index (χ4n) is 0.986. The van der Waals surface area contributed by atoms with Gasteiger partial charge in [0, 0.05) is 7.05 Å². The molecule has 1 aromatic rings. The molecule has 0 bridgehead atoms. The standard InChI is InChI=1S/C9H9ClN4O/c1-13-9(15)14(12)7-2-3-8(10)6(4-7)5-11/h2-4H,12H2,1H3,(H,13,15). The summed E-state index contributed by atoms with van der Waals surface area (Å²) in [6.45, 7) is 0. The Morgan fingerprint density at radius 3 is 2.87 bits per heavy atom. The number of rotatable bonds is 1. The van der Waals surface area contributed by atoms with Gasteiger partial charge in [-0.2, -0.15) is 5.26 Å². The number of carbonyl (C=O) groups is 1. The van der Waals surface area contributed by atoms with Crippen LogP contribution in [0.25, 0.3) is 0 Å². The molecule has 0 aliphatic carbocycles. The average molecular weight is 225 g/mol. The Hall–Kier alpha value is -1.77. The number of amides is 2. The zero-order chi connectivity index (χ0) is 11.4. The lowest BCUT2D eigenvalue weighted by Gasteiger charge is -2.16. The summed E-state index contributed by atoms with van der Waals surface area (Å²) in [5.41, 5.74) is 0.670. The lowest BCUT2D eigenvalue weighted by Crippen LogP contribution is -2.43. The molecular weight excluding hydrogens is 216 g/mol. The smallest absolute Gasteiger partial charge is 0.336 e. The predicted octanol–water partition coefficient (Wildman–Crippen LogP) is 1.23. The Labute approximate surface area is 92.0 Å². The van der Waals surface area contributed by atoms with E-state index in [9.17, 15) is 4.79 Å². The van der Waals surface area contributed by atoms with E-state index in [1.165, 1.54) is 19.2 Å². The molecule has 0 radical (unpaired) electrons. The molecule has 0 unspecified atom stereocenters. The van der Waals surface area contributed by atoms with Crippen LogP contribution in [-0.4, -0.2) is 13.1 Å². The van der Waals surface area contributed by atoms with Gasteiger partial charge in [0.05, 0.1) is 16.3 Å². The van der Waals surface area contributed by atoms with Gasteiger partial charge >= 0.3 is 6.03 Å². The van der Waals surface area contributed by atoms with Gasteiger partial charge in [-0.15, -0.1) is 0 Å². The van der Waals surface area contributed by atoms with Crippen molar-refractivity contribution in [2.24, 2.45) is 5.84 Å². The van der Waals surface area contributed by atoms with Gasteiger partial charge in [-0.3, -0.25) is 0 Å². The Morgan fingerprint density at radius 1 is 1.67 bits per heavy atom. The molecule has 0 saturated carbocycles. The minimum absolute atomic E-state index is 0.272. The number of halogens is 1. The van der Waals surface area contributed by atoms with Crippen molar-refractivity contribution in [2.75, 3.05) is 12.1 Å². The molecule has 0 saturated heterocycles. The molecule has 0 aliphatic heterocycles. The van der Waals surface area contributed by atoms with Gasteiger partial charge in [0.1, 0.15) is 6.07 Å². The first-order chi connectivity index (χ1) is 7.10. The number of carbonyl (C=O) groups excluding carboxylic acids is 1. The van der Waals surface area contributed by atoms with Gasteiger partial charge < -0.3 is 5.32 Å². The van der Waals surface area contributed by atoms with E-state index in [0.29, 0.717) is 10.7 Å². The largest absolute Gasteiger partial charge is 0.340 e. The zero-order valence-electron chi connectivity index (χ0n) is 7.99. The van der Waals surface area contributed by atoms with Crippen LogP contribution in [0.5, 0.6) is 0 Å². The summed E-state index contributed by atoms with van der Waals surface area (Å²) >= 11 is 5.73. The third-order valence-electron chi connectivity index (χ3n) is 1.78. The number of nitrogens with two attached hydrogens (primary N) is 1. The fourth-order valence-corrected chi connectivity index (χ4v) is 1.15. The summed E-state index contributed by atoms with van der Waals surface area (Å²) in [4.78, 5) is 11.2. The number of hydrazine groups is 1. The maximum absolute atomic E-state index is 11.2. The Morgan fingerprint density at radius 2 is 2.33 bits per heavy atom. The normalized spacial score (nSPS) is 9.20. The summed E-state index contributed by atoms with van der Waals surface area (Å²) in [7, 11) is 1.46. The first-order valence-electron chi connectivity index (χ1n) is 4.06. The summed E-state index contributed by atoms with van der Waals surface area (Å²) in [5, 5.41) is 12.3. The second-order valence-electron chi connectivity index (χ2n) is 2.70. The summed E-state index contributed by atoms with van der Waals surface area (Å²) in [5.74, 6) is 5.49. The average Bonchev–Trinajstić information content (AvgIpc) is 2.27. The van der Waals surface area contributed by atoms with Gasteiger partial charge in [0.15, 0.2) is 0 Å². The van der Waals surface area contributed by atoms with Gasteiger partial charge in [0.2, 0.25) is 0 Å². The van der Waals surface area contributed by atoms with Crippen LogP contribution in [0.2, 0.25) is 5.02 Å². The van der Waals surface area contributed by atoms with Crippen LogP contribution < -0.4 is 16.2 Å². The topological polar surface area (TPSA) is 82.2 Å². The molecule has 1 aromatic carbocycles. The summed E-state index contributed by atoms with van der Waals surface area (Å²) < 4.78 is 0. The van der Waals surface area contributed by atoms with Crippen molar-refractivity contribution >= 4 is 23.3 Å². The third kappa shape index (κ3) is 2.37. The second kappa shape index (κ2) is 4.64. The number of nitrogens with zero attached hydrogens (tertiary/aromatic N) is 2. The molecule has 0 aliphatic rings. The van der Waals surface area contributed by atoms with Crippen LogP contribution in [-0.2, 0) is 0 Å². The van der Waals surface area contributed by atoms with E-state index in [2.05, 4.69) is 5.32 Å². The Kier molecular flexibility index (Phi) is 3.50. The second-order valence-corrected chi connectivity index (χ2v) is 3.11. The summed E-state index contributed by atoms with van der Waals surface area (Å²) in [6, 6.07) is 5.94. The van der Waals surface area contributed by atoms with Gasteiger partial charge in [-0.1, -0.05) is 11.6 Å². The maximum Gasteiger partial charge on any atom is 0.336 e. The monoisotopic (exact) mass is 224 g/mol. The highest BCUT2D eigenvalue weighted by Gasteiger charge is 2.11. The molecule has 0 heterocycles. The van der Waals surface area contributed by atoms with E-state index in [1.807, 2.05) is 6.07 Å². The van der Waals surface area contributed by atoms with Crippen molar-refractivity contribution in [3.63, 3.8) is 0 Å². The highest BCUT2D eigenvalue weighted by atomic mass is 35.5. The lowest BCUT2D eigenvalue weighted by atomic mass is 10.2. The third-order valence-corrected chi connectivity index (χ3v) is 2.11. The molecule has 0 fully saturated rings. The number of hydrogen-bond donors (Lipinski definition) is 2. The van der Waals surface area contributed by atoms with E-state index in [1.54, 1.807) is 6.07 Å².